The molecule has 0 spiro atoms. The van der Waals surface area contributed by atoms with E-state index < -0.39 is 0 Å². The first kappa shape index (κ1) is 17.1. The molecule has 0 heterocycles. The van der Waals surface area contributed by atoms with Gasteiger partial charge in [0.15, 0.2) is 0 Å². The Morgan fingerprint density at radius 1 is 0.958 bits per heavy atom. The van der Waals surface area contributed by atoms with Crippen LogP contribution in [0.2, 0.25) is 0 Å². The third-order valence-corrected chi connectivity index (χ3v) is 3.49. The Labute approximate surface area is 141 Å². The highest BCUT2D eigenvalue weighted by Crippen LogP contribution is 2.20. The van der Waals surface area contributed by atoms with Gasteiger partial charge in [0.25, 0.3) is 5.91 Å². The number of rotatable bonds is 7. The van der Waals surface area contributed by atoms with E-state index in [9.17, 15) is 4.79 Å². The zero-order valence-corrected chi connectivity index (χ0v) is 13.3. The Bertz CT molecular complexity index is 741. The summed E-state index contributed by atoms with van der Waals surface area (Å²) < 4.78 is 0. The van der Waals surface area contributed by atoms with Crippen molar-refractivity contribution in [2.75, 3.05) is 23.3 Å². The lowest BCUT2D eigenvalue weighted by atomic mass is 10.2. The maximum atomic E-state index is 12.2. The summed E-state index contributed by atoms with van der Waals surface area (Å²) in [6.07, 6.45) is 0.762. The van der Waals surface area contributed by atoms with Crippen LogP contribution in [0.3, 0.4) is 0 Å². The molecule has 1 N–H and O–H groups in total. The van der Waals surface area contributed by atoms with Gasteiger partial charge < -0.3 is 10.2 Å². The first-order valence-electron chi connectivity index (χ1n) is 7.70. The fourth-order valence-electron chi connectivity index (χ4n) is 2.31. The molecule has 0 aliphatic rings. The molecule has 0 bridgehead atoms. The van der Waals surface area contributed by atoms with Crippen molar-refractivity contribution in [2.45, 2.75) is 12.8 Å². The predicted molar refractivity (Wildman–Crippen MR) is 93.5 cm³/mol. The Morgan fingerprint density at radius 3 is 2.25 bits per heavy atom. The number of nitrogens with zero attached hydrogens (tertiary/aromatic N) is 3. The molecule has 0 atom stereocenters. The van der Waals surface area contributed by atoms with Crippen molar-refractivity contribution in [2.24, 2.45) is 0 Å². The van der Waals surface area contributed by atoms with Crippen LogP contribution in [-0.4, -0.2) is 19.0 Å². The molecule has 2 aromatic rings. The van der Waals surface area contributed by atoms with Crippen molar-refractivity contribution >= 4 is 17.3 Å². The number of hydrogen-bond acceptors (Lipinski definition) is 4. The van der Waals surface area contributed by atoms with Gasteiger partial charge in [-0.2, -0.15) is 10.5 Å². The molecule has 0 saturated heterocycles. The maximum Gasteiger partial charge on any atom is 0.255 e. The highest BCUT2D eigenvalue weighted by atomic mass is 16.1. The zero-order valence-electron chi connectivity index (χ0n) is 13.3. The van der Waals surface area contributed by atoms with Gasteiger partial charge in [-0.25, -0.2) is 0 Å². The topological polar surface area (TPSA) is 79.9 Å². The second kappa shape index (κ2) is 8.97. The summed E-state index contributed by atoms with van der Waals surface area (Å²) >= 11 is 0. The predicted octanol–water partition coefficient (Wildman–Crippen LogP) is 3.57. The van der Waals surface area contributed by atoms with Crippen LogP contribution in [0.15, 0.2) is 54.6 Å². The number of carbonyl (C=O) groups excluding carboxylic acids is 1. The van der Waals surface area contributed by atoms with Crippen LogP contribution in [0.5, 0.6) is 0 Å². The Kier molecular flexibility index (Phi) is 6.37. The monoisotopic (exact) mass is 318 g/mol. The highest BCUT2D eigenvalue weighted by Gasteiger charge is 2.09. The molecule has 5 nitrogen and oxygen atoms in total. The first-order chi connectivity index (χ1) is 11.7. The van der Waals surface area contributed by atoms with Crippen LogP contribution >= 0.6 is 0 Å². The quantitative estimate of drug-likeness (QED) is 0.846. The summed E-state index contributed by atoms with van der Waals surface area (Å²) in [6, 6.07) is 20.7. The summed E-state index contributed by atoms with van der Waals surface area (Å²) in [5, 5.41) is 20.4. The van der Waals surface area contributed by atoms with Crippen LogP contribution in [0.4, 0.5) is 11.4 Å². The molecule has 0 unspecified atom stereocenters. The van der Waals surface area contributed by atoms with E-state index in [-0.39, 0.29) is 5.91 Å². The minimum Gasteiger partial charge on any atom is -0.369 e. The van der Waals surface area contributed by atoms with Gasteiger partial charge in [0, 0.05) is 30.0 Å². The number of nitrogens with one attached hydrogen (secondary N) is 1. The molecule has 0 radical (unpaired) electrons. The van der Waals surface area contributed by atoms with Crippen LogP contribution in [0, 0.1) is 22.7 Å². The van der Waals surface area contributed by atoms with E-state index in [1.807, 2.05) is 47.4 Å². The summed E-state index contributed by atoms with van der Waals surface area (Å²) in [7, 11) is 0. The van der Waals surface area contributed by atoms with Gasteiger partial charge >= 0.3 is 0 Å². The molecule has 0 aromatic heterocycles. The van der Waals surface area contributed by atoms with Gasteiger partial charge in [-0.05, 0) is 30.3 Å². The normalized spacial score (nSPS) is 9.58. The van der Waals surface area contributed by atoms with Crippen LogP contribution in [0.1, 0.15) is 23.2 Å². The zero-order chi connectivity index (χ0) is 17.2. The second-order valence-electron chi connectivity index (χ2n) is 5.17. The van der Waals surface area contributed by atoms with Crippen LogP contribution in [-0.2, 0) is 0 Å². The lowest BCUT2D eigenvalue weighted by Gasteiger charge is -2.23. The minimum absolute atomic E-state index is 0.173. The molecular weight excluding hydrogens is 300 g/mol. The molecule has 2 rings (SSSR count). The SMILES string of the molecule is N#CCCN(CCC#N)c1cccc(NC(=O)c2ccccc2)c1. The van der Waals surface area contributed by atoms with Crippen molar-refractivity contribution in [3.63, 3.8) is 0 Å². The molecule has 24 heavy (non-hydrogen) atoms. The minimum atomic E-state index is -0.173. The largest absolute Gasteiger partial charge is 0.369 e. The highest BCUT2D eigenvalue weighted by molar-refractivity contribution is 6.04. The molecule has 5 heteroatoms. The maximum absolute atomic E-state index is 12.2. The number of carbonyl (C=O) groups is 1. The molecule has 2 aromatic carbocycles. The molecular formula is C19H18N4O. The lowest BCUT2D eigenvalue weighted by Crippen LogP contribution is -2.25. The Balaban J connectivity index is 2.13. The van der Waals surface area contributed by atoms with E-state index in [1.165, 1.54) is 0 Å². The van der Waals surface area contributed by atoms with E-state index in [1.54, 1.807) is 12.1 Å². The molecule has 1 amide bonds. The van der Waals surface area contributed by atoms with Gasteiger partial charge in [-0.15, -0.1) is 0 Å². The number of amides is 1. The van der Waals surface area contributed by atoms with Crippen LogP contribution in [0.25, 0.3) is 0 Å². The average Bonchev–Trinajstić information content (AvgIpc) is 2.63. The van der Waals surface area contributed by atoms with Crippen molar-refractivity contribution < 1.29 is 4.79 Å². The molecule has 0 fully saturated rings. The standard InChI is InChI=1S/C19H18N4O/c20-11-5-13-23(14-6-12-21)18-10-4-9-17(15-18)22-19(24)16-7-2-1-3-8-16/h1-4,7-10,15H,5-6,13-14H2,(H,22,24). The van der Waals surface area contributed by atoms with Gasteiger partial charge in [-0.3, -0.25) is 4.79 Å². The first-order valence-corrected chi connectivity index (χ1v) is 7.70. The van der Waals surface area contributed by atoms with Crippen LogP contribution < -0.4 is 10.2 Å². The van der Waals surface area contributed by atoms with E-state index in [0.29, 0.717) is 37.2 Å². The molecule has 0 aliphatic carbocycles. The Hall–Kier alpha value is -3.31. The van der Waals surface area contributed by atoms with E-state index in [4.69, 9.17) is 10.5 Å². The van der Waals surface area contributed by atoms with Gasteiger partial charge in [0.2, 0.25) is 0 Å². The number of nitriles is 2. The van der Waals surface area contributed by atoms with Crippen molar-refractivity contribution in [3.8, 4) is 12.1 Å². The van der Waals surface area contributed by atoms with E-state index in [2.05, 4.69) is 17.5 Å². The number of anilines is 2. The molecule has 0 saturated carbocycles. The third kappa shape index (κ3) is 4.86. The van der Waals surface area contributed by atoms with Crippen molar-refractivity contribution in [3.05, 3.63) is 60.2 Å². The summed E-state index contributed by atoms with van der Waals surface area (Å²) in [6.45, 7) is 1.10. The summed E-state index contributed by atoms with van der Waals surface area (Å²) in [5.41, 5.74) is 2.15. The van der Waals surface area contributed by atoms with Gasteiger partial charge in [0.1, 0.15) is 0 Å². The van der Waals surface area contributed by atoms with Gasteiger partial charge in [0.05, 0.1) is 25.0 Å². The average molecular weight is 318 g/mol. The molecule has 0 aliphatic heterocycles. The van der Waals surface area contributed by atoms with Gasteiger partial charge in [-0.1, -0.05) is 24.3 Å². The van der Waals surface area contributed by atoms with Crippen molar-refractivity contribution in [1.82, 2.24) is 0 Å². The molecule has 120 valence electrons. The fourth-order valence-corrected chi connectivity index (χ4v) is 2.31. The fraction of sp³-hybridized carbons (Fsp3) is 0.211. The second-order valence-corrected chi connectivity index (χ2v) is 5.17. The third-order valence-electron chi connectivity index (χ3n) is 3.49. The van der Waals surface area contributed by atoms with Crippen molar-refractivity contribution in [1.29, 1.82) is 10.5 Å². The van der Waals surface area contributed by atoms with E-state index >= 15 is 0 Å². The summed E-state index contributed by atoms with van der Waals surface area (Å²) in [4.78, 5) is 14.2. The number of hydrogen-bond donors (Lipinski definition) is 1. The smallest absolute Gasteiger partial charge is 0.255 e. The van der Waals surface area contributed by atoms with E-state index in [0.717, 1.165) is 5.69 Å². The lowest BCUT2D eigenvalue weighted by molar-refractivity contribution is 0.102. The number of benzene rings is 2. The summed E-state index contributed by atoms with van der Waals surface area (Å²) in [5.74, 6) is -0.173. The Morgan fingerprint density at radius 2 is 1.62 bits per heavy atom.